The second-order valence-electron chi connectivity index (χ2n) is 5.86. The second-order valence-corrected chi connectivity index (χ2v) is 5.86. The lowest BCUT2D eigenvalue weighted by Crippen LogP contribution is -2.32. The van der Waals surface area contributed by atoms with Crippen LogP contribution >= 0.6 is 0 Å². The SMILES string of the molecule is COc1ccc(NC(=O)c2cccn(OCc3cccc(OC)c3)c2=O)cc1. The van der Waals surface area contributed by atoms with Gasteiger partial charge < -0.3 is 19.6 Å². The van der Waals surface area contributed by atoms with Crippen molar-refractivity contribution in [2.75, 3.05) is 19.5 Å². The van der Waals surface area contributed by atoms with Gasteiger partial charge in [-0.3, -0.25) is 9.59 Å². The molecule has 0 radical (unpaired) electrons. The molecular weight excluding hydrogens is 360 g/mol. The summed E-state index contributed by atoms with van der Waals surface area (Å²) in [6.07, 6.45) is 1.46. The first-order valence-electron chi connectivity index (χ1n) is 8.54. The largest absolute Gasteiger partial charge is 0.497 e. The van der Waals surface area contributed by atoms with Crippen LogP contribution in [0.1, 0.15) is 15.9 Å². The highest BCUT2D eigenvalue weighted by atomic mass is 16.7. The topological polar surface area (TPSA) is 78.8 Å². The molecule has 7 heteroatoms. The van der Waals surface area contributed by atoms with E-state index in [1.165, 1.54) is 12.3 Å². The van der Waals surface area contributed by atoms with Crippen LogP contribution in [0.5, 0.6) is 11.5 Å². The van der Waals surface area contributed by atoms with E-state index in [1.54, 1.807) is 44.6 Å². The molecule has 0 aliphatic rings. The van der Waals surface area contributed by atoms with Crippen LogP contribution in [0.4, 0.5) is 5.69 Å². The summed E-state index contributed by atoms with van der Waals surface area (Å²) in [5.74, 6) is 0.849. The number of methoxy groups -OCH3 is 2. The first-order chi connectivity index (χ1) is 13.6. The maximum absolute atomic E-state index is 12.6. The van der Waals surface area contributed by atoms with Crippen molar-refractivity contribution in [2.45, 2.75) is 6.61 Å². The fourth-order valence-electron chi connectivity index (χ4n) is 2.53. The van der Waals surface area contributed by atoms with Crippen LogP contribution in [0, 0.1) is 0 Å². The van der Waals surface area contributed by atoms with Crippen molar-refractivity contribution in [1.29, 1.82) is 0 Å². The van der Waals surface area contributed by atoms with Gasteiger partial charge in [0.05, 0.1) is 14.2 Å². The van der Waals surface area contributed by atoms with Crippen LogP contribution in [0.15, 0.2) is 71.7 Å². The van der Waals surface area contributed by atoms with Gasteiger partial charge in [-0.2, -0.15) is 4.73 Å². The number of hydrogen-bond acceptors (Lipinski definition) is 5. The molecule has 2 aromatic carbocycles. The first kappa shape index (κ1) is 19.0. The molecule has 0 spiro atoms. The van der Waals surface area contributed by atoms with Crippen molar-refractivity contribution in [3.05, 3.63) is 88.3 Å². The summed E-state index contributed by atoms with van der Waals surface area (Å²) in [4.78, 5) is 30.6. The molecule has 1 heterocycles. The lowest BCUT2D eigenvalue weighted by Gasteiger charge is -2.11. The molecular formula is C21H20N2O5. The molecule has 1 aromatic heterocycles. The van der Waals surface area contributed by atoms with Gasteiger partial charge in [0.25, 0.3) is 11.5 Å². The predicted octanol–water partition coefficient (Wildman–Crippen LogP) is 2.75. The Morgan fingerprint density at radius 1 is 0.964 bits per heavy atom. The monoisotopic (exact) mass is 380 g/mol. The Hall–Kier alpha value is -3.74. The van der Waals surface area contributed by atoms with E-state index in [0.29, 0.717) is 17.2 Å². The van der Waals surface area contributed by atoms with Gasteiger partial charge in [-0.25, -0.2) is 0 Å². The van der Waals surface area contributed by atoms with Gasteiger partial charge in [-0.1, -0.05) is 12.1 Å². The number of hydrogen-bond donors (Lipinski definition) is 1. The number of nitrogens with one attached hydrogen (secondary N) is 1. The van der Waals surface area contributed by atoms with Gasteiger partial charge >= 0.3 is 0 Å². The van der Waals surface area contributed by atoms with E-state index in [2.05, 4.69) is 5.32 Å². The number of benzene rings is 2. The molecule has 7 nitrogen and oxygen atoms in total. The van der Waals surface area contributed by atoms with Gasteiger partial charge in [-0.05, 0) is 54.1 Å². The molecule has 0 fully saturated rings. The first-order valence-corrected chi connectivity index (χ1v) is 8.54. The van der Waals surface area contributed by atoms with Crippen LogP contribution in [0.2, 0.25) is 0 Å². The van der Waals surface area contributed by atoms with Gasteiger partial charge in [0.2, 0.25) is 0 Å². The second kappa shape index (κ2) is 8.77. The maximum Gasteiger partial charge on any atom is 0.295 e. The number of ether oxygens (including phenoxy) is 2. The van der Waals surface area contributed by atoms with E-state index in [9.17, 15) is 9.59 Å². The average molecular weight is 380 g/mol. The third-order valence-electron chi connectivity index (χ3n) is 4.01. The molecule has 0 unspecified atom stereocenters. The Morgan fingerprint density at radius 3 is 2.43 bits per heavy atom. The van der Waals surface area contributed by atoms with Gasteiger partial charge in [0, 0.05) is 11.9 Å². The quantitative estimate of drug-likeness (QED) is 0.682. The molecule has 0 aliphatic heterocycles. The van der Waals surface area contributed by atoms with Crippen LogP contribution in [0.3, 0.4) is 0 Å². The Kier molecular flexibility index (Phi) is 5.96. The zero-order valence-corrected chi connectivity index (χ0v) is 15.5. The molecule has 0 bridgehead atoms. The summed E-state index contributed by atoms with van der Waals surface area (Å²) >= 11 is 0. The smallest absolute Gasteiger partial charge is 0.295 e. The minimum Gasteiger partial charge on any atom is -0.497 e. The molecule has 3 aromatic rings. The van der Waals surface area contributed by atoms with Crippen molar-refractivity contribution in [3.8, 4) is 11.5 Å². The maximum atomic E-state index is 12.6. The number of rotatable bonds is 7. The summed E-state index contributed by atoms with van der Waals surface area (Å²) < 4.78 is 11.3. The Labute approximate surface area is 162 Å². The molecule has 0 aliphatic carbocycles. The van der Waals surface area contributed by atoms with Crippen LogP contribution in [-0.4, -0.2) is 24.9 Å². The van der Waals surface area contributed by atoms with Crippen molar-refractivity contribution in [2.24, 2.45) is 0 Å². The van der Waals surface area contributed by atoms with E-state index in [-0.39, 0.29) is 12.2 Å². The molecule has 0 atom stereocenters. The number of carbonyl (C=O) groups is 1. The van der Waals surface area contributed by atoms with E-state index in [4.69, 9.17) is 14.3 Å². The molecule has 1 N–H and O–H groups in total. The number of aromatic nitrogens is 1. The molecule has 3 rings (SSSR count). The highest BCUT2D eigenvalue weighted by molar-refractivity contribution is 6.03. The van der Waals surface area contributed by atoms with E-state index in [1.807, 2.05) is 24.3 Å². The van der Waals surface area contributed by atoms with Crippen LogP contribution in [0.25, 0.3) is 0 Å². The fraction of sp³-hybridized carbons (Fsp3) is 0.143. The number of carbonyl (C=O) groups excluding carboxylic acids is 1. The van der Waals surface area contributed by atoms with Crippen molar-refractivity contribution >= 4 is 11.6 Å². The third-order valence-corrected chi connectivity index (χ3v) is 4.01. The number of pyridine rings is 1. The average Bonchev–Trinajstić information content (AvgIpc) is 2.73. The van der Waals surface area contributed by atoms with Gasteiger partial charge in [-0.15, -0.1) is 0 Å². The predicted molar refractivity (Wildman–Crippen MR) is 105 cm³/mol. The summed E-state index contributed by atoms with van der Waals surface area (Å²) in [6, 6.07) is 17.2. The van der Waals surface area contributed by atoms with Gasteiger partial charge in [0.1, 0.15) is 23.7 Å². The Bertz CT molecular complexity index is 1010. The number of amides is 1. The Morgan fingerprint density at radius 2 is 1.71 bits per heavy atom. The lowest BCUT2D eigenvalue weighted by atomic mass is 10.2. The fourth-order valence-corrected chi connectivity index (χ4v) is 2.53. The van der Waals surface area contributed by atoms with Crippen molar-refractivity contribution in [1.82, 2.24) is 4.73 Å². The summed E-state index contributed by atoms with van der Waals surface area (Å²) in [5.41, 5.74) is 0.817. The molecule has 144 valence electrons. The van der Waals surface area contributed by atoms with Crippen LogP contribution < -0.4 is 25.2 Å². The van der Waals surface area contributed by atoms with Crippen molar-refractivity contribution < 1.29 is 19.1 Å². The van der Waals surface area contributed by atoms with Crippen LogP contribution in [-0.2, 0) is 6.61 Å². The molecule has 0 saturated heterocycles. The number of nitrogens with zero attached hydrogens (tertiary/aromatic N) is 1. The minimum absolute atomic E-state index is 0.0241. The standard InChI is InChI=1S/C21H20N2O5/c1-26-17-10-8-16(9-11-17)22-20(24)19-7-4-12-23(21(19)25)28-14-15-5-3-6-18(13-15)27-2/h3-13H,14H2,1-2H3,(H,22,24). The summed E-state index contributed by atoms with van der Waals surface area (Å²) in [7, 11) is 3.14. The third kappa shape index (κ3) is 4.50. The minimum atomic E-state index is -0.545. The summed E-state index contributed by atoms with van der Waals surface area (Å²) in [6.45, 7) is 0.153. The highest BCUT2D eigenvalue weighted by Crippen LogP contribution is 2.15. The molecule has 0 saturated carbocycles. The lowest BCUT2D eigenvalue weighted by molar-refractivity contribution is 0.0862. The normalized spacial score (nSPS) is 10.2. The van der Waals surface area contributed by atoms with Gasteiger partial charge in [0.15, 0.2) is 0 Å². The zero-order chi connectivity index (χ0) is 19.9. The molecule has 1 amide bonds. The Balaban J connectivity index is 1.72. The zero-order valence-electron chi connectivity index (χ0n) is 15.5. The highest BCUT2D eigenvalue weighted by Gasteiger charge is 2.13. The van der Waals surface area contributed by atoms with Crippen molar-refractivity contribution in [3.63, 3.8) is 0 Å². The molecule has 28 heavy (non-hydrogen) atoms. The number of anilines is 1. The van der Waals surface area contributed by atoms with E-state index < -0.39 is 11.5 Å². The summed E-state index contributed by atoms with van der Waals surface area (Å²) in [5, 5.41) is 2.69. The van der Waals surface area contributed by atoms with E-state index in [0.717, 1.165) is 10.3 Å². The van der Waals surface area contributed by atoms with E-state index >= 15 is 0 Å².